The molecule has 0 saturated carbocycles. The lowest BCUT2D eigenvalue weighted by Gasteiger charge is -2.14. The number of likely N-dealkylation sites (tertiary alicyclic amines) is 1. The van der Waals surface area contributed by atoms with Crippen LogP contribution in [0.1, 0.15) is 16.9 Å². The maximum absolute atomic E-state index is 12.0. The first-order valence-electron chi connectivity index (χ1n) is 5.60. The smallest absolute Gasteiger partial charge is 0.193 e. The number of Topliss-reactive ketones (excluding diaryl/α,β-unsaturated/α-hetero) is 1. The molecule has 2 rings (SSSR count). The lowest BCUT2D eigenvalue weighted by Crippen LogP contribution is -2.29. The molecule has 0 radical (unpaired) electrons. The molecule has 0 N–H and O–H groups in total. The molecule has 2 heterocycles. The minimum atomic E-state index is 0.184. The normalized spacial score (nSPS) is 21.5. The van der Waals surface area contributed by atoms with Crippen LogP contribution in [0.4, 0.5) is 0 Å². The molecule has 16 heavy (non-hydrogen) atoms. The summed E-state index contributed by atoms with van der Waals surface area (Å²) in [4.78, 5) is 14.1. The zero-order chi connectivity index (χ0) is 11.5. The highest BCUT2D eigenvalue weighted by Gasteiger charge is 2.24. The molecule has 88 valence electrons. The van der Waals surface area contributed by atoms with E-state index in [1.54, 1.807) is 7.11 Å². The molecule has 1 atom stereocenters. The summed E-state index contributed by atoms with van der Waals surface area (Å²) >= 11 is 0. The van der Waals surface area contributed by atoms with Gasteiger partial charge in [-0.3, -0.25) is 9.69 Å². The molecular formula is C12H18N2O2. The van der Waals surface area contributed by atoms with Gasteiger partial charge in [-0.15, -0.1) is 0 Å². The Labute approximate surface area is 95.8 Å². The summed E-state index contributed by atoms with van der Waals surface area (Å²) in [6, 6.07) is 3.77. The second-order valence-corrected chi connectivity index (χ2v) is 4.31. The minimum absolute atomic E-state index is 0.184. The van der Waals surface area contributed by atoms with Crippen molar-refractivity contribution in [3.8, 4) is 0 Å². The third kappa shape index (κ3) is 2.33. The molecule has 4 heteroatoms. The van der Waals surface area contributed by atoms with Gasteiger partial charge in [0, 0.05) is 33.4 Å². The molecule has 0 bridgehead atoms. The predicted molar refractivity (Wildman–Crippen MR) is 61.6 cm³/mol. The van der Waals surface area contributed by atoms with Crippen molar-refractivity contribution in [2.24, 2.45) is 7.05 Å². The summed E-state index contributed by atoms with van der Waals surface area (Å²) < 4.78 is 7.15. The predicted octanol–water partition coefficient (Wildman–Crippen LogP) is 0.928. The van der Waals surface area contributed by atoms with Crippen molar-refractivity contribution in [1.29, 1.82) is 0 Å². The number of hydrogen-bond acceptors (Lipinski definition) is 3. The number of nitrogens with zero attached hydrogens (tertiary/aromatic N) is 2. The highest BCUT2D eigenvalue weighted by atomic mass is 16.5. The first kappa shape index (κ1) is 11.4. The van der Waals surface area contributed by atoms with E-state index in [1.165, 1.54) is 0 Å². The van der Waals surface area contributed by atoms with Gasteiger partial charge in [0.1, 0.15) is 0 Å². The standard InChI is InChI=1S/C12H18N2O2/c1-13-6-3-4-11(13)12(15)9-14-7-5-10(8-14)16-2/h3-4,6,10H,5,7-9H2,1-2H3. The zero-order valence-electron chi connectivity index (χ0n) is 9.85. The Morgan fingerprint density at radius 1 is 1.62 bits per heavy atom. The first-order valence-corrected chi connectivity index (χ1v) is 5.60. The molecule has 0 spiro atoms. The van der Waals surface area contributed by atoms with Gasteiger partial charge in [0.15, 0.2) is 5.78 Å². The van der Waals surface area contributed by atoms with Crippen LogP contribution in [0.5, 0.6) is 0 Å². The molecule has 1 aliphatic heterocycles. The SMILES string of the molecule is COC1CCN(CC(=O)c2cccn2C)C1. The molecule has 0 aliphatic carbocycles. The molecule has 4 nitrogen and oxygen atoms in total. The Kier molecular flexibility index (Phi) is 3.41. The van der Waals surface area contributed by atoms with E-state index < -0.39 is 0 Å². The highest BCUT2D eigenvalue weighted by molar-refractivity contribution is 5.96. The van der Waals surface area contributed by atoms with E-state index >= 15 is 0 Å². The monoisotopic (exact) mass is 222 g/mol. The third-order valence-corrected chi connectivity index (χ3v) is 3.16. The van der Waals surface area contributed by atoms with Crippen LogP contribution in [0.3, 0.4) is 0 Å². The van der Waals surface area contributed by atoms with Gasteiger partial charge in [-0.05, 0) is 18.6 Å². The Bertz CT molecular complexity index is 373. The fourth-order valence-corrected chi connectivity index (χ4v) is 2.17. The molecule has 0 aromatic carbocycles. The number of hydrogen-bond donors (Lipinski definition) is 0. The van der Waals surface area contributed by atoms with Crippen molar-refractivity contribution in [1.82, 2.24) is 9.47 Å². The molecule has 1 aromatic rings. The summed E-state index contributed by atoms with van der Waals surface area (Å²) in [6.45, 7) is 2.32. The summed E-state index contributed by atoms with van der Waals surface area (Å²) in [6.07, 6.45) is 3.22. The lowest BCUT2D eigenvalue weighted by molar-refractivity contribution is 0.0892. The van der Waals surface area contributed by atoms with E-state index in [2.05, 4.69) is 4.90 Å². The average Bonchev–Trinajstić information content (AvgIpc) is 2.86. The van der Waals surface area contributed by atoms with Gasteiger partial charge < -0.3 is 9.30 Å². The maximum Gasteiger partial charge on any atom is 0.193 e. The molecule has 1 fully saturated rings. The molecule has 1 aliphatic rings. The van der Waals surface area contributed by atoms with Crippen LogP contribution in [0, 0.1) is 0 Å². The van der Waals surface area contributed by atoms with Crippen LogP contribution in [0.2, 0.25) is 0 Å². The van der Waals surface area contributed by atoms with Crippen molar-refractivity contribution < 1.29 is 9.53 Å². The van der Waals surface area contributed by atoms with Crippen LogP contribution < -0.4 is 0 Å². The molecule has 1 saturated heterocycles. The number of ketones is 1. The summed E-state index contributed by atoms with van der Waals surface area (Å²) in [5.74, 6) is 0.184. The van der Waals surface area contributed by atoms with Crippen molar-refractivity contribution in [3.05, 3.63) is 24.0 Å². The second-order valence-electron chi connectivity index (χ2n) is 4.31. The topological polar surface area (TPSA) is 34.5 Å². The van der Waals surface area contributed by atoms with E-state index in [9.17, 15) is 4.79 Å². The van der Waals surface area contributed by atoms with Gasteiger partial charge in [-0.2, -0.15) is 0 Å². The van der Waals surface area contributed by atoms with Crippen molar-refractivity contribution in [2.45, 2.75) is 12.5 Å². The number of carbonyl (C=O) groups is 1. The number of carbonyl (C=O) groups excluding carboxylic acids is 1. The fraction of sp³-hybridized carbons (Fsp3) is 0.583. The molecule has 0 amide bonds. The van der Waals surface area contributed by atoms with E-state index in [1.807, 2.05) is 29.9 Å². The highest BCUT2D eigenvalue weighted by Crippen LogP contribution is 2.12. The number of aromatic nitrogens is 1. The van der Waals surface area contributed by atoms with Crippen LogP contribution in [0.15, 0.2) is 18.3 Å². The first-order chi connectivity index (χ1) is 7.70. The van der Waals surface area contributed by atoms with Crippen LogP contribution in [-0.2, 0) is 11.8 Å². The van der Waals surface area contributed by atoms with Gasteiger partial charge in [0.25, 0.3) is 0 Å². The van der Waals surface area contributed by atoms with Gasteiger partial charge in [-0.1, -0.05) is 0 Å². The van der Waals surface area contributed by atoms with Crippen LogP contribution in [0.25, 0.3) is 0 Å². The van der Waals surface area contributed by atoms with E-state index in [0.717, 1.165) is 25.2 Å². The molecule has 1 unspecified atom stereocenters. The Morgan fingerprint density at radius 2 is 2.44 bits per heavy atom. The van der Waals surface area contributed by atoms with E-state index in [0.29, 0.717) is 12.6 Å². The number of aryl methyl sites for hydroxylation is 1. The number of ether oxygens (including phenoxy) is 1. The van der Waals surface area contributed by atoms with Crippen LogP contribution >= 0.6 is 0 Å². The summed E-state index contributed by atoms with van der Waals surface area (Å²) in [7, 11) is 3.63. The minimum Gasteiger partial charge on any atom is -0.380 e. The zero-order valence-corrected chi connectivity index (χ0v) is 9.85. The average molecular weight is 222 g/mol. The van der Waals surface area contributed by atoms with Crippen molar-refractivity contribution in [3.63, 3.8) is 0 Å². The van der Waals surface area contributed by atoms with Gasteiger partial charge in [0.2, 0.25) is 0 Å². The summed E-state index contributed by atoms with van der Waals surface area (Å²) in [5, 5.41) is 0. The fourth-order valence-electron chi connectivity index (χ4n) is 2.17. The Balaban J connectivity index is 1.91. The summed E-state index contributed by atoms with van der Waals surface area (Å²) in [5.41, 5.74) is 0.779. The number of methoxy groups -OCH3 is 1. The van der Waals surface area contributed by atoms with Crippen molar-refractivity contribution >= 4 is 5.78 Å². The third-order valence-electron chi connectivity index (χ3n) is 3.16. The van der Waals surface area contributed by atoms with Gasteiger partial charge in [-0.25, -0.2) is 0 Å². The van der Waals surface area contributed by atoms with Crippen LogP contribution in [-0.4, -0.2) is 48.1 Å². The molecule has 1 aromatic heterocycles. The van der Waals surface area contributed by atoms with Gasteiger partial charge >= 0.3 is 0 Å². The second kappa shape index (κ2) is 4.80. The van der Waals surface area contributed by atoms with E-state index in [-0.39, 0.29) is 5.78 Å². The maximum atomic E-state index is 12.0. The Morgan fingerprint density at radius 3 is 3.00 bits per heavy atom. The Hall–Kier alpha value is -1.13. The van der Waals surface area contributed by atoms with Crippen molar-refractivity contribution in [2.75, 3.05) is 26.7 Å². The van der Waals surface area contributed by atoms with E-state index in [4.69, 9.17) is 4.74 Å². The number of rotatable bonds is 4. The lowest BCUT2D eigenvalue weighted by atomic mass is 10.2. The molecular weight excluding hydrogens is 204 g/mol. The van der Waals surface area contributed by atoms with Gasteiger partial charge in [0.05, 0.1) is 18.3 Å². The largest absolute Gasteiger partial charge is 0.380 e. The quantitative estimate of drug-likeness (QED) is 0.711.